The van der Waals surface area contributed by atoms with Crippen molar-refractivity contribution in [3.8, 4) is 17.2 Å². The molecule has 0 saturated carbocycles. The molecule has 3 rings (SSSR count). The Morgan fingerprint density at radius 2 is 2.20 bits per heavy atom. The zero-order valence-corrected chi connectivity index (χ0v) is 15.4. The van der Waals surface area contributed by atoms with Gasteiger partial charge >= 0.3 is 5.76 Å². The molecule has 2 aromatic heterocycles. The SMILES string of the molecule is CCSCCNc1nonc1-c1noc(=O)n1-c1ccc(F)c(Br)c1. The number of halogens is 2. The highest BCUT2D eigenvalue weighted by molar-refractivity contribution is 9.10. The van der Waals surface area contributed by atoms with Crippen LogP contribution in [0.5, 0.6) is 0 Å². The van der Waals surface area contributed by atoms with E-state index < -0.39 is 11.6 Å². The second-order valence-corrected chi connectivity index (χ2v) is 7.04. The van der Waals surface area contributed by atoms with Crippen LogP contribution in [0.1, 0.15) is 6.92 Å². The van der Waals surface area contributed by atoms with Crippen molar-refractivity contribution in [1.29, 1.82) is 0 Å². The van der Waals surface area contributed by atoms with Crippen molar-refractivity contribution in [1.82, 2.24) is 20.0 Å². The van der Waals surface area contributed by atoms with Crippen molar-refractivity contribution < 1.29 is 13.5 Å². The molecule has 1 aromatic carbocycles. The topological polar surface area (TPSA) is 99.0 Å². The van der Waals surface area contributed by atoms with Crippen LogP contribution in [0.3, 0.4) is 0 Å². The molecule has 8 nitrogen and oxygen atoms in total. The number of anilines is 1. The number of rotatable bonds is 7. The molecule has 0 saturated heterocycles. The molecule has 3 aromatic rings. The summed E-state index contributed by atoms with van der Waals surface area (Å²) in [7, 11) is 0. The van der Waals surface area contributed by atoms with Gasteiger partial charge in [0.05, 0.1) is 10.2 Å². The van der Waals surface area contributed by atoms with Gasteiger partial charge in [-0.15, -0.1) is 0 Å². The fraction of sp³-hybridized carbons (Fsp3) is 0.286. The van der Waals surface area contributed by atoms with E-state index in [2.05, 4.69) is 43.6 Å². The molecular formula is C14H13BrFN5O3S. The van der Waals surface area contributed by atoms with Crippen LogP contribution in [0.2, 0.25) is 0 Å². The van der Waals surface area contributed by atoms with E-state index in [1.54, 1.807) is 11.8 Å². The zero-order chi connectivity index (χ0) is 17.8. The van der Waals surface area contributed by atoms with Crippen LogP contribution >= 0.6 is 27.7 Å². The summed E-state index contributed by atoms with van der Waals surface area (Å²) in [6.45, 7) is 2.71. The van der Waals surface area contributed by atoms with Gasteiger partial charge in [-0.25, -0.2) is 18.4 Å². The van der Waals surface area contributed by atoms with Gasteiger partial charge in [-0.1, -0.05) is 12.1 Å². The standard InChI is InChI=1S/C14H13BrFN5O3S/c1-2-25-6-5-17-12-11(18-24-19-12)13-20-23-14(22)21(13)8-3-4-10(16)9(15)7-8/h3-4,7H,2,5-6H2,1H3,(H,17,19). The first-order chi connectivity index (χ1) is 12.1. The van der Waals surface area contributed by atoms with Crippen molar-refractivity contribution in [2.24, 2.45) is 0 Å². The molecule has 0 fully saturated rings. The molecule has 0 amide bonds. The third kappa shape index (κ3) is 3.76. The lowest BCUT2D eigenvalue weighted by Crippen LogP contribution is -2.14. The maximum atomic E-state index is 13.5. The second-order valence-electron chi connectivity index (χ2n) is 4.79. The molecule has 0 bridgehead atoms. The van der Waals surface area contributed by atoms with Crippen LogP contribution in [0, 0.1) is 5.82 Å². The number of aromatic nitrogens is 4. The summed E-state index contributed by atoms with van der Waals surface area (Å²) in [5, 5.41) is 14.4. The largest absolute Gasteiger partial charge is 0.446 e. The monoisotopic (exact) mass is 429 g/mol. The highest BCUT2D eigenvalue weighted by Crippen LogP contribution is 2.26. The Labute approximate surface area is 153 Å². The van der Waals surface area contributed by atoms with E-state index in [0.717, 1.165) is 16.1 Å². The van der Waals surface area contributed by atoms with Crippen molar-refractivity contribution in [2.75, 3.05) is 23.4 Å². The Bertz CT molecular complexity index is 925. The normalized spacial score (nSPS) is 11.0. The average Bonchev–Trinajstić information content (AvgIpc) is 3.20. The van der Waals surface area contributed by atoms with Gasteiger partial charge in [-0.3, -0.25) is 4.52 Å². The molecule has 132 valence electrons. The first-order valence-corrected chi connectivity index (χ1v) is 9.25. The molecule has 0 spiro atoms. The first-order valence-electron chi connectivity index (χ1n) is 7.30. The molecule has 2 heterocycles. The predicted octanol–water partition coefficient (Wildman–Crippen LogP) is 2.94. The number of hydrogen-bond acceptors (Lipinski definition) is 8. The van der Waals surface area contributed by atoms with E-state index >= 15 is 0 Å². The number of thioether (sulfide) groups is 1. The molecule has 0 atom stereocenters. The number of benzene rings is 1. The number of nitrogens with zero attached hydrogens (tertiary/aromatic N) is 4. The molecule has 25 heavy (non-hydrogen) atoms. The molecule has 0 aliphatic heterocycles. The van der Waals surface area contributed by atoms with E-state index in [4.69, 9.17) is 9.15 Å². The third-order valence-electron chi connectivity index (χ3n) is 3.21. The van der Waals surface area contributed by atoms with Gasteiger partial charge in [0, 0.05) is 12.3 Å². The van der Waals surface area contributed by atoms with Gasteiger partial charge in [0.1, 0.15) is 5.82 Å². The molecule has 0 aliphatic rings. The summed E-state index contributed by atoms with van der Waals surface area (Å²) in [5.74, 6) is 1.15. The Kier molecular flexibility index (Phi) is 5.53. The van der Waals surface area contributed by atoms with Gasteiger partial charge in [0.25, 0.3) is 0 Å². The van der Waals surface area contributed by atoms with Crippen LogP contribution in [0.4, 0.5) is 10.2 Å². The highest BCUT2D eigenvalue weighted by Gasteiger charge is 2.22. The fourth-order valence-electron chi connectivity index (χ4n) is 2.09. The minimum absolute atomic E-state index is 0.107. The predicted molar refractivity (Wildman–Crippen MR) is 94.5 cm³/mol. The smallest absolute Gasteiger partial charge is 0.364 e. The van der Waals surface area contributed by atoms with Gasteiger partial charge < -0.3 is 5.32 Å². The molecule has 1 N–H and O–H groups in total. The summed E-state index contributed by atoms with van der Waals surface area (Å²) in [6.07, 6.45) is 0. The van der Waals surface area contributed by atoms with Crippen molar-refractivity contribution >= 4 is 33.5 Å². The zero-order valence-electron chi connectivity index (χ0n) is 13.0. The summed E-state index contributed by atoms with van der Waals surface area (Å²) < 4.78 is 24.3. The quantitative estimate of drug-likeness (QED) is 0.572. The van der Waals surface area contributed by atoms with E-state index in [9.17, 15) is 9.18 Å². The maximum absolute atomic E-state index is 13.5. The van der Waals surface area contributed by atoms with Crippen LogP contribution in [-0.2, 0) is 0 Å². The summed E-state index contributed by atoms with van der Waals surface area (Å²) in [6, 6.07) is 4.10. The molecule has 11 heteroatoms. The first kappa shape index (κ1) is 17.7. The second kappa shape index (κ2) is 7.83. The van der Waals surface area contributed by atoms with Crippen molar-refractivity contribution in [3.05, 3.63) is 39.0 Å². The molecule has 0 unspecified atom stereocenters. The lowest BCUT2D eigenvalue weighted by Gasteiger charge is -2.05. The van der Waals surface area contributed by atoms with Crippen LogP contribution in [-0.4, -0.2) is 38.1 Å². The van der Waals surface area contributed by atoms with Crippen LogP contribution in [0.25, 0.3) is 17.2 Å². The third-order valence-corrected chi connectivity index (χ3v) is 4.72. The van der Waals surface area contributed by atoms with E-state index in [-0.39, 0.29) is 16.0 Å². The molecule has 0 radical (unpaired) electrons. The van der Waals surface area contributed by atoms with Gasteiger partial charge in [0.15, 0.2) is 5.69 Å². The fourth-order valence-corrected chi connectivity index (χ4v) is 2.99. The van der Waals surface area contributed by atoms with E-state index in [1.165, 1.54) is 18.2 Å². The summed E-state index contributed by atoms with van der Waals surface area (Å²) in [4.78, 5) is 12.1. The number of hydrogen-bond donors (Lipinski definition) is 1. The summed E-state index contributed by atoms with van der Waals surface area (Å²) >= 11 is 4.86. The minimum Gasteiger partial charge on any atom is -0.364 e. The van der Waals surface area contributed by atoms with Gasteiger partial charge in [-0.2, -0.15) is 11.8 Å². The lowest BCUT2D eigenvalue weighted by molar-refractivity contribution is 0.309. The van der Waals surface area contributed by atoms with Crippen LogP contribution in [0.15, 0.2) is 36.6 Å². The van der Waals surface area contributed by atoms with Gasteiger partial charge in [-0.05, 0) is 50.2 Å². The Morgan fingerprint density at radius 1 is 1.36 bits per heavy atom. The Hall–Kier alpha value is -2.14. The van der Waals surface area contributed by atoms with E-state index in [0.29, 0.717) is 18.1 Å². The minimum atomic E-state index is -0.732. The van der Waals surface area contributed by atoms with Gasteiger partial charge in [0.2, 0.25) is 11.6 Å². The Morgan fingerprint density at radius 3 is 2.96 bits per heavy atom. The van der Waals surface area contributed by atoms with Crippen LogP contribution < -0.4 is 11.1 Å². The van der Waals surface area contributed by atoms with E-state index in [1.807, 2.05) is 0 Å². The molecular weight excluding hydrogens is 417 g/mol. The summed E-state index contributed by atoms with van der Waals surface area (Å²) in [5.41, 5.74) is 0.595. The van der Waals surface area contributed by atoms with Crippen molar-refractivity contribution in [2.45, 2.75) is 6.92 Å². The highest BCUT2D eigenvalue weighted by atomic mass is 79.9. The average molecular weight is 430 g/mol. The lowest BCUT2D eigenvalue weighted by atomic mass is 10.3. The van der Waals surface area contributed by atoms with Crippen molar-refractivity contribution in [3.63, 3.8) is 0 Å². The Balaban J connectivity index is 1.96. The number of nitrogens with one attached hydrogen (secondary N) is 1. The maximum Gasteiger partial charge on any atom is 0.446 e. The molecule has 0 aliphatic carbocycles.